The van der Waals surface area contributed by atoms with E-state index in [9.17, 15) is 4.79 Å². The Bertz CT molecular complexity index is 142. The van der Waals surface area contributed by atoms with Crippen molar-refractivity contribution in [1.82, 2.24) is 5.32 Å². The van der Waals surface area contributed by atoms with Crippen LogP contribution in [-0.4, -0.2) is 24.8 Å². The number of nitrogens with one attached hydrogen (secondary N) is 1. The summed E-state index contributed by atoms with van der Waals surface area (Å²) in [4.78, 5) is 19.6. The number of carbonyl (C=O) groups excluding carboxylic acids is 1. The zero-order valence-corrected chi connectivity index (χ0v) is 7.72. The van der Waals surface area contributed by atoms with Crippen LogP contribution in [0.5, 0.6) is 0 Å². The first kappa shape index (κ1) is 11.2. The largest absolute Gasteiger partial charge is 0.439 e. The predicted molar refractivity (Wildman–Crippen MR) is 44.4 cm³/mol. The third-order valence-electron chi connectivity index (χ3n) is 0.813. The molecule has 0 aromatic heterocycles. The maximum atomic E-state index is 10.8. The van der Waals surface area contributed by atoms with Crippen molar-refractivity contribution in [2.45, 2.75) is 26.3 Å². The summed E-state index contributed by atoms with van der Waals surface area (Å²) in [7, 11) is 0. The quantitative estimate of drug-likeness (QED) is 0.371. The molecule has 0 saturated heterocycles. The van der Waals surface area contributed by atoms with Gasteiger partial charge in [0.05, 0.1) is 0 Å². The van der Waals surface area contributed by atoms with Gasteiger partial charge in [0, 0.05) is 12.1 Å². The van der Waals surface area contributed by atoms with Crippen molar-refractivity contribution >= 4 is 6.09 Å². The molecule has 0 unspecified atom stereocenters. The molecule has 0 bridgehead atoms. The third-order valence-corrected chi connectivity index (χ3v) is 0.813. The van der Waals surface area contributed by atoms with Crippen LogP contribution in [0.25, 0.3) is 0 Å². The van der Waals surface area contributed by atoms with Crippen molar-refractivity contribution < 1.29 is 14.6 Å². The minimum atomic E-state index is -0.601. The standard InChI is InChI=1S/C7H16N2O3/c1-7(2,3)9-6(10)12-11-5-4-8/h4-5,8H2,1-3H3,(H,9,10). The molecule has 0 spiro atoms. The zero-order valence-electron chi connectivity index (χ0n) is 7.72. The molecule has 0 atom stereocenters. The van der Waals surface area contributed by atoms with Crippen LogP contribution in [0, 0.1) is 0 Å². The molecule has 0 radical (unpaired) electrons. The molecule has 0 aromatic carbocycles. The molecule has 0 rings (SSSR count). The summed E-state index contributed by atoms with van der Waals surface area (Å²) in [6, 6.07) is 0. The lowest BCUT2D eigenvalue weighted by Gasteiger charge is -2.18. The number of rotatable bonds is 3. The fourth-order valence-electron chi connectivity index (χ4n) is 0.470. The van der Waals surface area contributed by atoms with E-state index in [1.165, 1.54) is 0 Å². The van der Waals surface area contributed by atoms with Crippen LogP contribution in [0.1, 0.15) is 20.8 Å². The monoisotopic (exact) mass is 176 g/mol. The average Bonchev–Trinajstić information content (AvgIpc) is 1.84. The second kappa shape index (κ2) is 4.95. The molecule has 0 heterocycles. The molecule has 1 amide bonds. The fraction of sp³-hybridized carbons (Fsp3) is 0.857. The van der Waals surface area contributed by atoms with Gasteiger partial charge in [0.2, 0.25) is 0 Å². The first-order chi connectivity index (χ1) is 5.45. The summed E-state index contributed by atoms with van der Waals surface area (Å²) in [6.07, 6.45) is -0.601. The van der Waals surface area contributed by atoms with Gasteiger partial charge in [-0.15, -0.1) is 0 Å². The summed E-state index contributed by atoms with van der Waals surface area (Å²) in [5.74, 6) is 0. The molecule has 0 aliphatic rings. The fourth-order valence-corrected chi connectivity index (χ4v) is 0.470. The maximum Gasteiger partial charge on any atom is 0.439 e. The van der Waals surface area contributed by atoms with Gasteiger partial charge < -0.3 is 11.1 Å². The first-order valence-corrected chi connectivity index (χ1v) is 3.77. The van der Waals surface area contributed by atoms with Gasteiger partial charge >= 0.3 is 6.09 Å². The lowest BCUT2D eigenvalue weighted by atomic mass is 10.1. The highest BCUT2D eigenvalue weighted by molar-refractivity contribution is 5.67. The number of hydrogen-bond acceptors (Lipinski definition) is 4. The van der Waals surface area contributed by atoms with E-state index < -0.39 is 6.09 Å². The van der Waals surface area contributed by atoms with Crippen LogP contribution in [-0.2, 0) is 9.78 Å². The third kappa shape index (κ3) is 7.30. The van der Waals surface area contributed by atoms with E-state index >= 15 is 0 Å². The lowest BCUT2D eigenvalue weighted by molar-refractivity contribution is -0.236. The van der Waals surface area contributed by atoms with E-state index in [0.29, 0.717) is 6.54 Å². The van der Waals surface area contributed by atoms with Crippen molar-refractivity contribution in [3.8, 4) is 0 Å². The Balaban J connectivity index is 3.47. The van der Waals surface area contributed by atoms with Crippen LogP contribution in [0.15, 0.2) is 0 Å². The minimum absolute atomic E-state index is 0.206. The molecule has 0 saturated carbocycles. The second-order valence-corrected chi connectivity index (χ2v) is 3.36. The molecular formula is C7H16N2O3. The SMILES string of the molecule is CC(C)(C)NC(=O)OOCCN. The zero-order chi connectivity index (χ0) is 9.61. The maximum absolute atomic E-state index is 10.8. The highest BCUT2D eigenvalue weighted by Crippen LogP contribution is 1.98. The van der Waals surface area contributed by atoms with E-state index in [1.54, 1.807) is 0 Å². The smallest absolute Gasteiger partial charge is 0.328 e. The number of carbonyl (C=O) groups is 1. The lowest BCUT2D eigenvalue weighted by Crippen LogP contribution is -2.41. The summed E-state index contributed by atoms with van der Waals surface area (Å²) >= 11 is 0. The van der Waals surface area contributed by atoms with Gasteiger partial charge in [-0.3, -0.25) is 4.89 Å². The molecular weight excluding hydrogens is 160 g/mol. The summed E-state index contributed by atoms with van der Waals surface area (Å²) < 4.78 is 0. The van der Waals surface area contributed by atoms with Crippen LogP contribution in [0.2, 0.25) is 0 Å². The second-order valence-electron chi connectivity index (χ2n) is 3.36. The number of hydrogen-bond donors (Lipinski definition) is 2. The molecule has 12 heavy (non-hydrogen) atoms. The van der Waals surface area contributed by atoms with E-state index in [2.05, 4.69) is 15.1 Å². The normalized spacial score (nSPS) is 11.0. The Kier molecular flexibility index (Phi) is 4.61. The molecule has 5 nitrogen and oxygen atoms in total. The molecule has 0 fully saturated rings. The van der Waals surface area contributed by atoms with Crippen LogP contribution < -0.4 is 11.1 Å². The first-order valence-electron chi connectivity index (χ1n) is 3.77. The number of nitrogens with two attached hydrogens (primary N) is 1. The Hall–Kier alpha value is -0.810. The van der Waals surface area contributed by atoms with E-state index in [0.717, 1.165) is 0 Å². The summed E-state index contributed by atoms with van der Waals surface area (Å²) in [5, 5.41) is 2.55. The van der Waals surface area contributed by atoms with Crippen molar-refractivity contribution in [1.29, 1.82) is 0 Å². The molecule has 72 valence electrons. The van der Waals surface area contributed by atoms with E-state index in [1.807, 2.05) is 20.8 Å². The predicted octanol–water partition coefficient (Wildman–Crippen LogP) is 0.401. The highest BCUT2D eigenvalue weighted by atomic mass is 17.2. The van der Waals surface area contributed by atoms with Crippen LogP contribution >= 0.6 is 0 Å². The van der Waals surface area contributed by atoms with Gasteiger partial charge in [0.15, 0.2) is 0 Å². The van der Waals surface area contributed by atoms with E-state index in [-0.39, 0.29) is 12.1 Å². The molecule has 3 N–H and O–H groups in total. The molecule has 0 aliphatic heterocycles. The Morgan fingerprint density at radius 2 is 2.08 bits per heavy atom. The van der Waals surface area contributed by atoms with Crippen molar-refractivity contribution in [3.05, 3.63) is 0 Å². The molecule has 0 aromatic rings. The summed E-state index contributed by atoms with van der Waals surface area (Å²) in [5.41, 5.74) is 4.79. The van der Waals surface area contributed by atoms with Gasteiger partial charge in [-0.1, -0.05) is 0 Å². The average molecular weight is 176 g/mol. The van der Waals surface area contributed by atoms with Crippen molar-refractivity contribution in [2.75, 3.05) is 13.2 Å². The van der Waals surface area contributed by atoms with Gasteiger partial charge in [0.25, 0.3) is 0 Å². The molecule has 0 aliphatic carbocycles. The van der Waals surface area contributed by atoms with Gasteiger partial charge in [-0.05, 0) is 20.8 Å². The van der Waals surface area contributed by atoms with Crippen LogP contribution in [0.3, 0.4) is 0 Å². The minimum Gasteiger partial charge on any atom is -0.328 e. The Morgan fingerprint density at radius 1 is 1.50 bits per heavy atom. The molecule has 5 heteroatoms. The van der Waals surface area contributed by atoms with Crippen LogP contribution in [0.4, 0.5) is 4.79 Å². The number of amides is 1. The topological polar surface area (TPSA) is 73.6 Å². The van der Waals surface area contributed by atoms with Gasteiger partial charge in [0.1, 0.15) is 6.61 Å². The Labute approximate surface area is 72.1 Å². The van der Waals surface area contributed by atoms with E-state index in [4.69, 9.17) is 5.73 Å². The van der Waals surface area contributed by atoms with Crippen molar-refractivity contribution in [2.24, 2.45) is 5.73 Å². The van der Waals surface area contributed by atoms with Gasteiger partial charge in [-0.25, -0.2) is 4.79 Å². The Morgan fingerprint density at radius 3 is 2.50 bits per heavy atom. The van der Waals surface area contributed by atoms with Crippen molar-refractivity contribution in [3.63, 3.8) is 0 Å². The van der Waals surface area contributed by atoms with Gasteiger partial charge in [-0.2, -0.15) is 4.89 Å². The summed E-state index contributed by atoms with van der Waals surface area (Å²) in [6.45, 7) is 6.06. The highest BCUT2D eigenvalue weighted by Gasteiger charge is 2.14.